The second-order valence-corrected chi connectivity index (χ2v) is 5.64. The molecule has 0 saturated carbocycles. The van der Waals surface area contributed by atoms with E-state index in [1.165, 1.54) is 28.8 Å². The van der Waals surface area contributed by atoms with Crippen molar-refractivity contribution in [3.8, 4) is 11.4 Å². The smallest absolute Gasteiger partial charge is 0.271 e. The highest BCUT2D eigenvalue weighted by Crippen LogP contribution is 2.36. The van der Waals surface area contributed by atoms with Gasteiger partial charge in [-0.2, -0.15) is 0 Å². The van der Waals surface area contributed by atoms with Crippen molar-refractivity contribution in [3.05, 3.63) is 35.8 Å². The maximum absolute atomic E-state index is 13.2. The van der Waals surface area contributed by atoms with Crippen LogP contribution >= 0.6 is 0 Å². The normalized spacial score (nSPS) is 26.1. The monoisotopic (exact) mass is 352 g/mol. The molecule has 4 atom stereocenters. The molecule has 9 nitrogen and oxygen atoms in total. The lowest BCUT2D eigenvalue weighted by atomic mass is 10.1. The molecule has 2 aromatic rings. The number of aliphatic hydroxyl groups excluding tert-OH is 3. The van der Waals surface area contributed by atoms with Gasteiger partial charge in [0.25, 0.3) is 5.91 Å². The average molecular weight is 352 g/mol. The summed E-state index contributed by atoms with van der Waals surface area (Å²) in [4.78, 5) is 15.6. The molecule has 1 aromatic carbocycles. The number of carbonyl (C=O) groups is 1. The predicted octanol–water partition coefficient (Wildman–Crippen LogP) is -1.02. The van der Waals surface area contributed by atoms with Crippen LogP contribution in [0.2, 0.25) is 0 Å². The molecule has 25 heavy (non-hydrogen) atoms. The van der Waals surface area contributed by atoms with Gasteiger partial charge in [0.1, 0.15) is 35.8 Å². The molecule has 10 heteroatoms. The number of anilines is 1. The molecule has 1 amide bonds. The number of hydrogen-bond acceptors (Lipinski definition) is 7. The Labute approximate surface area is 141 Å². The number of nitrogens with two attached hydrogens (primary N) is 2. The van der Waals surface area contributed by atoms with Gasteiger partial charge < -0.3 is 31.5 Å². The number of amides is 1. The molecule has 134 valence electrons. The first-order valence-electron chi connectivity index (χ1n) is 7.41. The molecule has 1 aliphatic heterocycles. The number of hydrogen-bond donors (Lipinski definition) is 5. The van der Waals surface area contributed by atoms with Crippen molar-refractivity contribution < 1.29 is 29.2 Å². The lowest BCUT2D eigenvalue weighted by Crippen LogP contribution is -2.33. The van der Waals surface area contributed by atoms with Crippen molar-refractivity contribution in [1.82, 2.24) is 9.55 Å². The average Bonchev–Trinajstić information content (AvgIpc) is 3.06. The largest absolute Gasteiger partial charge is 0.394 e. The minimum atomic E-state index is -1.44. The second kappa shape index (κ2) is 6.41. The summed E-state index contributed by atoms with van der Waals surface area (Å²) in [7, 11) is 0. The molecule has 1 fully saturated rings. The summed E-state index contributed by atoms with van der Waals surface area (Å²) in [6, 6.07) is 5.18. The fourth-order valence-electron chi connectivity index (χ4n) is 2.78. The Kier molecular flexibility index (Phi) is 4.43. The number of nitrogens with zero attached hydrogens (tertiary/aromatic N) is 2. The third-order valence-electron chi connectivity index (χ3n) is 4.06. The quantitative estimate of drug-likeness (QED) is 0.471. The van der Waals surface area contributed by atoms with Crippen LogP contribution in [-0.2, 0) is 4.74 Å². The first-order valence-corrected chi connectivity index (χ1v) is 7.41. The summed E-state index contributed by atoms with van der Waals surface area (Å²) < 4.78 is 19.8. The number of benzene rings is 1. The minimum Gasteiger partial charge on any atom is -0.394 e. The standard InChI is InChI=1S/C15H17FN4O5/c16-7-3-1-6(2-4-7)14-19-9(13(18)24)12(17)20(14)15-11(23)10(22)8(5-21)25-15/h1-4,8,10-11,15,21-23H,5,17H2,(H2,18,24)/t8-,10-,11-,15-/m1/s1. The molecule has 1 saturated heterocycles. The Morgan fingerprint density at radius 1 is 1.28 bits per heavy atom. The van der Waals surface area contributed by atoms with Crippen molar-refractivity contribution in [1.29, 1.82) is 0 Å². The number of aromatic nitrogens is 2. The van der Waals surface area contributed by atoms with Gasteiger partial charge in [-0.15, -0.1) is 0 Å². The fraction of sp³-hybridized carbons (Fsp3) is 0.333. The molecule has 1 aromatic heterocycles. The van der Waals surface area contributed by atoms with Crippen LogP contribution in [0.3, 0.4) is 0 Å². The van der Waals surface area contributed by atoms with Crippen LogP contribution in [0.25, 0.3) is 11.4 Å². The van der Waals surface area contributed by atoms with Crippen LogP contribution in [0.5, 0.6) is 0 Å². The molecule has 1 aliphatic rings. The van der Waals surface area contributed by atoms with Crippen LogP contribution < -0.4 is 11.5 Å². The third kappa shape index (κ3) is 2.85. The van der Waals surface area contributed by atoms with Crippen LogP contribution in [0, 0.1) is 5.82 Å². The molecule has 0 unspecified atom stereocenters. The first-order chi connectivity index (χ1) is 11.8. The Morgan fingerprint density at radius 3 is 2.44 bits per heavy atom. The number of primary amides is 1. The van der Waals surface area contributed by atoms with Crippen LogP contribution in [-0.4, -0.2) is 55.7 Å². The Hall–Kier alpha value is -2.53. The van der Waals surface area contributed by atoms with Crippen molar-refractivity contribution in [2.45, 2.75) is 24.5 Å². The minimum absolute atomic E-state index is 0.0983. The summed E-state index contributed by atoms with van der Waals surface area (Å²) >= 11 is 0. The highest BCUT2D eigenvalue weighted by atomic mass is 19.1. The van der Waals surface area contributed by atoms with Gasteiger partial charge in [-0.3, -0.25) is 9.36 Å². The van der Waals surface area contributed by atoms with Crippen LogP contribution in [0.1, 0.15) is 16.7 Å². The number of ether oxygens (including phenoxy) is 1. The lowest BCUT2D eigenvalue weighted by molar-refractivity contribution is -0.0510. The molecular weight excluding hydrogens is 335 g/mol. The van der Waals surface area contributed by atoms with E-state index in [0.29, 0.717) is 5.56 Å². The van der Waals surface area contributed by atoms with Gasteiger partial charge in [0.2, 0.25) is 0 Å². The molecule has 3 rings (SSSR count). The second-order valence-electron chi connectivity index (χ2n) is 5.64. The molecule has 0 radical (unpaired) electrons. The molecular formula is C15H17FN4O5. The number of nitrogen functional groups attached to an aromatic ring is 1. The van der Waals surface area contributed by atoms with E-state index in [0.717, 1.165) is 0 Å². The maximum Gasteiger partial charge on any atom is 0.271 e. The van der Waals surface area contributed by atoms with Gasteiger partial charge in [-0.05, 0) is 24.3 Å². The van der Waals surface area contributed by atoms with E-state index in [2.05, 4.69) is 4.98 Å². The Morgan fingerprint density at radius 2 is 1.92 bits per heavy atom. The summed E-state index contributed by atoms with van der Waals surface area (Å²) in [5, 5.41) is 29.4. The molecule has 0 bridgehead atoms. The van der Waals surface area contributed by atoms with E-state index in [9.17, 15) is 24.5 Å². The highest BCUT2D eigenvalue weighted by molar-refractivity contribution is 5.96. The number of carbonyl (C=O) groups excluding carboxylic acids is 1. The van der Waals surface area contributed by atoms with E-state index in [1.54, 1.807) is 0 Å². The van der Waals surface area contributed by atoms with E-state index in [4.69, 9.17) is 16.2 Å². The van der Waals surface area contributed by atoms with E-state index in [1.807, 2.05) is 0 Å². The summed E-state index contributed by atoms with van der Waals surface area (Å²) in [5.41, 5.74) is 11.3. The van der Waals surface area contributed by atoms with Gasteiger partial charge in [-0.25, -0.2) is 9.37 Å². The number of rotatable bonds is 4. The maximum atomic E-state index is 13.2. The van der Waals surface area contributed by atoms with E-state index < -0.39 is 42.9 Å². The molecule has 7 N–H and O–H groups in total. The zero-order chi connectivity index (χ0) is 18.3. The SMILES string of the molecule is NC(=O)c1nc(-c2ccc(F)cc2)n([C@@H]2O[C@H](CO)[C@@H](O)[C@H]2O)c1N. The van der Waals surface area contributed by atoms with Crippen molar-refractivity contribution >= 4 is 11.7 Å². The third-order valence-corrected chi connectivity index (χ3v) is 4.06. The first kappa shape index (κ1) is 17.3. The highest BCUT2D eigenvalue weighted by Gasteiger charge is 2.45. The molecule has 2 heterocycles. The van der Waals surface area contributed by atoms with Crippen LogP contribution in [0.15, 0.2) is 24.3 Å². The molecule has 0 spiro atoms. The van der Waals surface area contributed by atoms with Gasteiger partial charge >= 0.3 is 0 Å². The Balaban J connectivity index is 2.14. The van der Waals surface area contributed by atoms with Crippen LogP contribution in [0.4, 0.5) is 10.2 Å². The van der Waals surface area contributed by atoms with Crippen molar-refractivity contribution in [3.63, 3.8) is 0 Å². The number of aliphatic hydroxyl groups is 3. The summed E-state index contributed by atoms with van der Waals surface area (Å²) in [5.74, 6) is -1.45. The summed E-state index contributed by atoms with van der Waals surface area (Å²) in [6.07, 6.45) is -5.06. The zero-order valence-corrected chi connectivity index (χ0v) is 12.9. The summed E-state index contributed by atoms with van der Waals surface area (Å²) in [6.45, 7) is -0.530. The lowest BCUT2D eigenvalue weighted by Gasteiger charge is -2.20. The Bertz CT molecular complexity index is 794. The fourth-order valence-corrected chi connectivity index (χ4v) is 2.78. The van der Waals surface area contributed by atoms with Gasteiger partial charge in [0.05, 0.1) is 6.61 Å². The zero-order valence-electron chi connectivity index (χ0n) is 12.9. The van der Waals surface area contributed by atoms with Crippen molar-refractivity contribution in [2.75, 3.05) is 12.3 Å². The molecule has 0 aliphatic carbocycles. The van der Waals surface area contributed by atoms with Gasteiger partial charge in [0.15, 0.2) is 11.9 Å². The topological polar surface area (TPSA) is 157 Å². The van der Waals surface area contributed by atoms with E-state index in [-0.39, 0.29) is 17.3 Å². The van der Waals surface area contributed by atoms with Gasteiger partial charge in [0, 0.05) is 5.56 Å². The number of halogens is 1. The van der Waals surface area contributed by atoms with Gasteiger partial charge in [-0.1, -0.05) is 0 Å². The predicted molar refractivity (Wildman–Crippen MR) is 83.6 cm³/mol. The number of imidazole rings is 1. The van der Waals surface area contributed by atoms with E-state index >= 15 is 0 Å². The van der Waals surface area contributed by atoms with Crippen molar-refractivity contribution in [2.24, 2.45) is 5.73 Å².